The monoisotopic (exact) mass is 322 g/mol. The van der Waals surface area contributed by atoms with Gasteiger partial charge in [0.25, 0.3) is 5.91 Å². The average Bonchev–Trinajstić information content (AvgIpc) is 2.67. The Morgan fingerprint density at radius 1 is 1.30 bits per heavy atom. The molecule has 1 N–H and O–H groups in total. The number of amides is 2. The van der Waals surface area contributed by atoms with E-state index in [1.165, 1.54) is 0 Å². The topological polar surface area (TPSA) is 78.7 Å². The maximum atomic E-state index is 12.7. The fraction of sp³-hybridized carbons (Fsp3) is 0.688. The number of likely N-dealkylation sites (tertiary alicyclic amines) is 1. The van der Waals surface area contributed by atoms with Gasteiger partial charge < -0.3 is 19.6 Å². The number of aromatic nitrogens is 1. The van der Waals surface area contributed by atoms with Gasteiger partial charge in [-0.3, -0.25) is 9.59 Å². The second kappa shape index (κ2) is 7.59. The molecule has 1 aromatic rings. The van der Waals surface area contributed by atoms with E-state index in [1.807, 2.05) is 23.9 Å². The van der Waals surface area contributed by atoms with Gasteiger partial charge in [0.1, 0.15) is 11.3 Å². The first-order valence-corrected chi connectivity index (χ1v) is 8.04. The molecule has 1 atom stereocenters. The molecule has 7 heteroatoms. The highest BCUT2D eigenvalue weighted by Crippen LogP contribution is 2.18. The predicted molar refractivity (Wildman–Crippen MR) is 86.2 cm³/mol. The number of likely N-dealkylation sites (N-methyl/N-ethyl adjacent to an activating group) is 1. The summed E-state index contributed by atoms with van der Waals surface area (Å²) in [4.78, 5) is 28.2. The number of nitrogens with zero attached hydrogens (tertiary/aromatic N) is 3. The Morgan fingerprint density at radius 3 is 2.65 bits per heavy atom. The van der Waals surface area contributed by atoms with Crippen molar-refractivity contribution in [2.45, 2.75) is 39.2 Å². The molecule has 1 aliphatic rings. The first-order valence-electron chi connectivity index (χ1n) is 8.04. The van der Waals surface area contributed by atoms with Gasteiger partial charge in [0.05, 0.1) is 12.2 Å². The lowest BCUT2D eigenvalue weighted by Crippen LogP contribution is -2.41. The minimum absolute atomic E-state index is 0.0264. The second-order valence-corrected chi connectivity index (χ2v) is 6.42. The second-order valence-electron chi connectivity index (χ2n) is 6.42. The number of carbonyl (C=O) groups excluding carboxylic acids is 2. The molecule has 23 heavy (non-hydrogen) atoms. The van der Waals surface area contributed by atoms with Crippen molar-refractivity contribution in [3.8, 4) is 0 Å². The Kier molecular flexibility index (Phi) is 5.76. The number of rotatable bonds is 4. The lowest BCUT2D eigenvalue weighted by atomic mass is 10.1. The van der Waals surface area contributed by atoms with E-state index in [-0.39, 0.29) is 17.9 Å². The van der Waals surface area contributed by atoms with Crippen molar-refractivity contribution in [1.82, 2.24) is 20.3 Å². The van der Waals surface area contributed by atoms with Crippen LogP contribution in [-0.2, 0) is 4.79 Å². The van der Waals surface area contributed by atoms with E-state index in [4.69, 9.17) is 4.52 Å². The van der Waals surface area contributed by atoms with Crippen molar-refractivity contribution in [1.29, 1.82) is 0 Å². The number of aryl methyl sites for hydroxylation is 2. The highest BCUT2D eigenvalue weighted by Gasteiger charge is 2.26. The van der Waals surface area contributed by atoms with E-state index in [0.717, 1.165) is 19.3 Å². The summed E-state index contributed by atoms with van der Waals surface area (Å²) in [6.07, 6.45) is 2.54. The minimum atomic E-state index is -0.0264. The van der Waals surface area contributed by atoms with Crippen LogP contribution in [0.25, 0.3) is 0 Å². The van der Waals surface area contributed by atoms with E-state index in [9.17, 15) is 9.59 Å². The molecule has 0 spiro atoms. The summed E-state index contributed by atoms with van der Waals surface area (Å²) >= 11 is 0. The third kappa shape index (κ3) is 4.54. The highest BCUT2D eigenvalue weighted by molar-refractivity contribution is 5.96. The summed E-state index contributed by atoms with van der Waals surface area (Å²) in [7, 11) is 3.74. The first-order chi connectivity index (χ1) is 10.9. The largest absolute Gasteiger partial charge is 0.361 e. The fourth-order valence-corrected chi connectivity index (χ4v) is 2.95. The average molecular weight is 322 g/mol. The fourth-order valence-electron chi connectivity index (χ4n) is 2.95. The van der Waals surface area contributed by atoms with Gasteiger partial charge in [-0.1, -0.05) is 5.16 Å². The van der Waals surface area contributed by atoms with E-state index in [1.54, 1.807) is 13.8 Å². The van der Waals surface area contributed by atoms with Crippen LogP contribution in [-0.4, -0.2) is 66.5 Å². The zero-order valence-electron chi connectivity index (χ0n) is 14.4. The van der Waals surface area contributed by atoms with Crippen LogP contribution in [0.1, 0.15) is 41.1 Å². The minimum Gasteiger partial charge on any atom is -0.361 e. The van der Waals surface area contributed by atoms with Crippen LogP contribution in [0.5, 0.6) is 0 Å². The van der Waals surface area contributed by atoms with Gasteiger partial charge in [-0.15, -0.1) is 0 Å². The Morgan fingerprint density at radius 2 is 2.04 bits per heavy atom. The van der Waals surface area contributed by atoms with Crippen molar-refractivity contribution in [3.63, 3.8) is 0 Å². The maximum Gasteiger partial charge on any atom is 0.259 e. The molecular weight excluding hydrogens is 296 g/mol. The van der Waals surface area contributed by atoms with Gasteiger partial charge in [0.15, 0.2) is 0 Å². The normalized spacial score (nSPS) is 18.8. The van der Waals surface area contributed by atoms with Crippen LogP contribution < -0.4 is 5.32 Å². The molecule has 0 unspecified atom stereocenters. The maximum absolute atomic E-state index is 12.7. The molecule has 2 amide bonds. The summed E-state index contributed by atoms with van der Waals surface area (Å²) in [5.74, 6) is 0.569. The van der Waals surface area contributed by atoms with Gasteiger partial charge in [-0.2, -0.15) is 0 Å². The van der Waals surface area contributed by atoms with Crippen molar-refractivity contribution in [2.24, 2.45) is 0 Å². The third-order valence-electron chi connectivity index (χ3n) is 4.09. The number of carbonyl (C=O) groups is 2. The van der Waals surface area contributed by atoms with E-state index < -0.39 is 0 Å². The molecule has 0 radical (unpaired) electrons. The Balaban J connectivity index is 1.93. The number of hydrogen-bond donors (Lipinski definition) is 1. The summed E-state index contributed by atoms with van der Waals surface area (Å²) < 4.78 is 5.09. The molecule has 0 bridgehead atoms. The molecule has 1 fully saturated rings. The summed E-state index contributed by atoms with van der Waals surface area (Å²) in [6.45, 7) is 5.26. The highest BCUT2D eigenvalue weighted by atomic mass is 16.5. The molecule has 128 valence electrons. The standard InChI is InChI=1S/C16H26N4O3/c1-11-15(12(2)23-18-11)16(22)20-8-5-6-13(7-9-20)17-14(21)10-19(3)4/h13H,5-10H2,1-4H3,(H,17,21)/t13-/m0/s1. The van der Waals surface area contributed by atoms with Crippen molar-refractivity contribution in [3.05, 3.63) is 17.0 Å². The molecular formula is C16H26N4O3. The summed E-state index contributed by atoms with van der Waals surface area (Å²) in [6, 6.07) is 0.130. The lowest BCUT2D eigenvalue weighted by molar-refractivity contribution is -0.122. The van der Waals surface area contributed by atoms with Crippen LogP contribution >= 0.6 is 0 Å². The Hall–Kier alpha value is -1.89. The van der Waals surface area contributed by atoms with Crippen molar-refractivity contribution < 1.29 is 14.1 Å². The molecule has 7 nitrogen and oxygen atoms in total. The Labute approximate surface area is 137 Å². The third-order valence-corrected chi connectivity index (χ3v) is 4.09. The van der Waals surface area contributed by atoms with Crippen LogP contribution in [0.2, 0.25) is 0 Å². The van der Waals surface area contributed by atoms with E-state index in [2.05, 4.69) is 10.5 Å². The number of hydrogen-bond acceptors (Lipinski definition) is 5. The van der Waals surface area contributed by atoms with E-state index in [0.29, 0.717) is 36.7 Å². The summed E-state index contributed by atoms with van der Waals surface area (Å²) in [5.41, 5.74) is 1.20. The van der Waals surface area contributed by atoms with Gasteiger partial charge in [0, 0.05) is 19.1 Å². The molecule has 2 rings (SSSR count). The zero-order valence-corrected chi connectivity index (χ0v) is 14.4. The summed E-state index contributed by atoms with van der Waals surface area (Å²) in [5, 5.41) is 6.91. The first kappa shape index (κ1) is 17.5. The molecule has 0 aliphatic carbocycles. The number of nitrogens with one attached hydrogen (secondary N) is 1. The van der Waals surface area contributed by atoms with Crippen LogP contribution in [0, 0.1) is 13.8 Å². The van der Waals surface area contributed by atoms with Gasteiger partial charge >= 0.3 is 0 Å². The van der Waals surface area contributed by atoms with Gasteiger partial charge in [0.2, 0.25) is 5.91 Å². The lowest BCUT2D eigenvalue weighted by Gasteiger charge is -2.21. The van der Waals surface area contributed by atoms with Crippen LogP contribution in [0.3, 0.4) is 0 Å². The Bertz CT molecular complexity index is 548. The van der Waals surface area contributed by atoms with Crippen LogP contribution in [0.15, 0.2) is 4.52 Å². The predicted octanol–water partition coefficient (Wildman–Crippen LogP) is 0.964. The van der Waals surface area contributed by atoms with Crippen molar-refractivity contribution >= 4 is 11.8 Å². The van der Waals surface area contributed by atoms with Crippen LogP contribution in [0.4, 0.5) is 0 Å². The molecule has 0 saturated carbocycles. The van der Waals surface area contributed by atoms with Gasteiger partial charge in [-0.25, -0.2) is 0 Å². The SMILES string of the molecule is Cc1noc(C)c1C(=O)N1CCC[C@H](NC(=O)CN(C)C)CC1. The van der Waals surface area contributed by atoms with Gasteiger partial charge in [-0.05, 0) is 47.2 Å². The molecule has 2 heterocycles. The quantitative estimate of drug-likeness (QED) is 0.893. The molecule has 0 aromatic carbocycles. The smallest absolute Gasteiger partial charge is 0.259 e. The zero-order chi connectivity index (χ0) is 17.0. The van der Waals surface area contributed by atoms with Crippen molar-refractivity contribution in [2.75, 3.05) is 33.7 Å². The molecule has 1 saturated heterocycles. The molecule has 1 aliphatic heterocycles. The van der Waals surface area contributed by atoms with E-state index >= 15 is 0 Å². The molecule has 1 aromatic heterocycles.